The lowest BCUT2D eigenvalue weighted by molar-refractivity contribution is -0.169. The fraction of sp³-hybridized carbons (Fsp3) is 0.667. The van der Waals surface area contributed by atoms with E-state index in [4.69, 9.17) is 5.11 Å². The van der Waals surface area contributed by atoms with Gasteiger partial charge in [0.15, 0.2) is 6.67 Å². The van der Waals surface area contributed by atoms with E-state index < -0.39 is 40.5 Å². The number of aliphatic carboxylic acids is 1. The smallest absolute Gasteiger partial charge is 0.434 e. The molecule has 0 radical (unpaired) electrons. The molecule has 0 atom stereocenters. The van der Waals surface area contributed by atoms with Crippen molar-refractivity contribution in [3.8, 4) is 0 Å². The zero-order valence-corrected chi connectivity index (χ0v) is 10.7. The van der Waals surface area contributed by atoms with Crippen LogP contribution in [-0.2, 0) is 19.1 Å². The molecule has 118 valence electrons. The minimum absolute atomic E-state index is 0.0320. The van der Waals surface area contributed by atoms with Crippen LogP contribution in [0.5, 0.6) is 0 Å². The van der Waals surface area contributed by atoms with Crippen molar-refractivity contribution in [2.45, 2.75) is 24.0 Å². The van der Waals surface area contributed by atoms with Gasteiger partial charge in [-0.15, -0.1) is 0 Å². The van der Waals surface area contributed by atoms with Gasteiger partial charge >= 0.3 is 27.3 Å². The minimum Gasteiger partial charge on any atom is -0.481 e. The van der Waals surface area contributed by atoms with Crippen LogP contribution in [0.3, 0.4) is 0 Å². The third kappa shape index (κ3) is 4.71. The summed E-state index contributed by atoms with van der Waals surface area (Å²) in [4.78, 5) is 10.1. The molecular formula is C9H11F5O5S. The zero-order valence-electron chi connectivity index (χ0n) is 9.86. The molecule has 0 saturated carbocycles. The maximum absolute atomic E-state index is 12.9. The molecule has 5 nitrogen and oxygen atoms in total. The molecule has 0 bridgehead atoms. The normalized spacial score (nSPS) is 13.8. The molecular weight excluding hydrogens is 315 g/mol. The van der Waals surface area contributed by atoms with E-state index in [1.165, 1.54) is 0 Å². The van der Waals surface area contributed by atoms with Crippen molar-refractivity contribution in [3.05, 3.63) is 12.2 Å². The first-order valence-corrected chi connectivity index (χ1v) is 6.46. The first-order chi connectivity index (χ1) is 8.98. The Kier molecular flexibility index (Phi) is 6.54. The van der Waals surface area contributed by atoms with Crippen LogP contribution < -0.4 is 0 Å². The average molecular weight is 326 g/mol. The summed E-state index contributed by atoms with van der Waals surface area (Å²) < 4.78 is 87.7. The molecule has 0 spiro atoms. The number of halogens is 5. The molecule has 0 aliphatic carbocycles. The predicted molar refractivity (Wildman–Crippen MR) is 56.8 cm³/mol. The van der Waals surface area contributed by atoms with Gasteiger partial charge in [-0.1, -0.05) is 12.2 Å². The van der Waals surface area contributed by atoms with Crippen molar-refractivity contribution < 1.29 is 44.5 Å². The van der Waals surface area contributed by atoms with Crippen LogP contribution in [0.2, 0.25) is 0 Å². The molecule has 1 N–H and O–H groups in total. The van der Waals surface area contributed by atoms with Crippen LogP contribution in [0.25, 0.3) is 0 Å². The first-order valence-electron chi connectivity index (χ1n) is 5.05. The Morgan fingerprint density at radius 3 is 2.20 bits per heavy atom. The Bertz CT molecular complexity index is 459. The maximum atomic E-state index is 12.9. The fourth-order valence-electron chi connectivity index (χ4n) is 0.856. The van der Waals surface area contributed by atoms with Gasteiger partial charge in [0.05, 0.1) is 6.61 Å². The van der Waals surface area contributed by atoms with Crippen LogP contribution in [0.1, 0.15) is 12.8 Å². The highest BCUT2D eigenvalue weighted by molar-refractivity contribution is 7.87. The van der Waals surface area contributed by atoms with Gasteiger partial charge in [0.25, 0.3) is 0 Å². The van der Waals surface area contributed by atoms with Gasteiger partial charge in [-0.25, -0.2) is 4.39 Å². The van der Waals surface area contributed by atoms with Gasteiger partial charge in [-0.05, 0) is 6.42 Å². The van der Waals surface area contributed by atoms with Gasteiger partial charge in [0, 0.05) is 6.42 Å². The summed E-state index contributed by atoms with van der Waals surface area (Å²) in [6.07, 6.45) is 1.65. The summed E-state index contributed by atoms with van der Waals surface area (Å²) in [6.45, 7) is -3.86. The van der Waals surface area contributed by atoms with E-state index in [-0.39, 0.29) is 12.8 Å². The molecule has 11 heteroatoms. The Morgan fingerprint density at radius 2 is 1.75 bits per heavy atom. The van der Waals surface area contributed by atoms with Gasteiger partial charge in [0.2, 0.25) is 0 Å². The lowest BCUT2D eigenvalue weighted by atomic mass is 10.3. The van der Waals surface area contributed by atoms with E-state index in [2.05, 4.69) is 4.18 Å². The van der Waals surface area contributed by atoms with E-state index in [1.54, 1.807) is 0 Å². The average Bonchev–Trinajstić information content (AvgIpc) is 2.32. The van der Waals surface area contributed by atoms with Crippen molar-refractivity contribution in [1.29, 1.82) is 0 Å². The molecule has 0 aliphatic rings. The van der Waals surface area contributed by atoms with Crippen molar-refractivity contribution in [3.63, 3.8) is 0 Å². The molecule has 0 heterocycles. The Hall–Kier alpha value is -1.23. The predicted octanol–water partition coefficient (Wildman–Crippen LogP) is 1.95. The fourth-order valence-corrected chi connectivity index (χ4v) is 1.68. The highest BCUT2D eigenvalue weighted by Crippen LogP contribution is 2.39. The first kappa shape index (κ1) is 18.8. The number of alkyl halides is 5. The highest BCUT2D eigenvalue weighted by Gasteiger charge is 2.66. The van der Waals surface area contributed by atoms with Crippen LogP contribution in [0, 0.1) is 0 Å². The third-order valence-electron chi connectivity index (χ3n) is 1.92. The van der Waals surface area contributed by atoms with Crippen molar-refractivity contribution in [1.82, 2.24) is 0 Å². The second-order valence-corrected chi connectivity index (χ2v) is 5.15. The minimum atomic E-state index is -6.02. The van der Waals surface area contributed by atoms with Gasteiger partial charge in [-0.2, -0.15) is 26.0 Å². The molecule has 0 amide bonds. The summed E-state index contributed by atoms with van der Waals surface area (Å²) in [6, 6.07) is 0. The van der Waals surface area contributed by atoms with Crippen molar-refractivity contribution in [2.75, 3.05) is 13.3 Å². The van der Waals surface area contributed by atoms with Crippen LogP contribution in [0.15, 0.2) is 12.2 Å². The SMILES string of the molecule is O=C(O)CC/C=C\COS(=O)(=O)C(F)(F)C(F)(F)CF. The number of allylic oxidation sites excluding steroid dienone is 1. The third-order valence-corrected chi connectivity index (χ3v) is 3.29. The molecule has 0 saturated heterocycles. The number of carboxylic acid groups (broad SMARTS) is 1. The lowest BCUT2D eigenvalue weighted by Gasteiger charge is -2.22. The monoisotopic (exact) mass is 326 g/mol. The summed E-state index contributed by atoms with van der Waals surface area (Å²) >= 11 is 0. The largest absolute Gasteiger partial charge is 0.481 e. The number of hydrogen-bond donors (Lipinski definition) is 1. The van der Waals surface area contributed by atoms with Crippen LogP contribution in [-0.4, -0.2) is 44.0 Å². The number of carboxylic acids is 1. The summed E-state index contributed by atoms with van der Waals surface area (Å²) in [5.74, 6) is -6.55. The van der Waals surface area contributed by atoms with E-state index >= 15 is 0 Å². The molecule has 0 aromatic heterocycles. The van der Waals surface area contributed by atoms with Crippen LogP contribution in [0.4, 0.5) is 22.0 Å². The van der Waals surface area contributed by atoms with E-state index in [9.17, 15) is 35.2 Å². The van der Waals surface area contributed by atoms with Crippen molar-refractivity contribution >= 4 is 16.1 Å². The number of rotatable bonds is 9. The molecule has 0 aliphatic heterocycles. The van der Waals surface area contributed by atoms with E-state index in [0.717, 1.165) is 12.2 Å². The zero-order chi connectivity index (χ0) is 16.0. The van der Waals surface area contributed by atoms with E-state index in [1.807, 2.05) is 0 Å². The standard InChI is InChI=1S/C9H11F5O5S/c10-6-8(11,12)9(13,14)20(17,18)19-5-3-1-2-4-7(15)16/h1,3H,2,4-6H2,(H,15,16)/b3-1-. The second-order valence-electron chi connectivity index (χ2n) is 3.50. The summed E-state index contributed by atoms with van der Waals surface area (Å²) in [5.41, 5.74) is 0. The molecule has 0 aromatic carbocycles. The lowest BCUT2D eigenvalue weighted by Crippen LogP contribution is -2.49. The van der Waals surface area contributed by atoms with Crippen LogP contribution >= 0.6 is 0 Å². The summed E-state index contributed by atoms with van der Waals surface area (Å²) in [5, 5.41) is 2.54. The van der Waals surface area contributed by atoms with Gasteiger partial charge < -0.3 is 5.11 Å². The Balaban J connectivity index is 4.58. The van der Waals surface area contributed by atoms with E-state index in [0.29, 0.717) is 0 Å². The van der Waals surface area contributed by atoms with Gasteiger partial charge in [-0.3, -0.25) is 8.98 Å². The molecule has 20 heavy (non-hydrogen) atoms. The summed E-state index contributed by atoms with van der Waals surface area (Å²) in [7, 11) is -6.02. The molecule has 0 fully saturated rings. The molecule has 0 rings (SSSR count). The molecule has 0 aromatic rings. The Labute approximate surface area is 111 Å². The number of hydrogen-bond acceptors (Lipinski definition) is 4. The highest BCUT2D eigenvalue weighted by atomic mass is 32.2. The topological polar surface area (TPSA) is 80.7 Å². The maximum Gasteiger partial charge on any atom is 0.434 e. The molecule has 0 unspecified atom stereocenters. The second kappa shape index (κ2) is 6.97. The van der Waals surface area contributed by atoms with Crippen molar-refractivity contribution in [2.24, 2.45) is 0 Å². The van der Waals surface area contributed by atoms with Gasteiger partial charge in [0.1, 0.15) is 0 Å². The quantitative estimate of drug-likeness (QED) is 0.398. The Morgan fingerprint density at radius 1 is 1.20 bits per heavy atom. The number of carbonyl (C=O) groups is 1.